The smallest absolute Gasteiger partial charge is 0.150 e. The van der Waals surface area contributed by atoms with Gasteiger partial charge in [-0.25, -0.2) is 0 Å². The molecule has 1 heterocycles. The van der Waals surface area contributed by atoms with Gasteiger partial charge in [-0.15, -0.1) is 0 Å². The number of carbonyl (C=O) groups excluding carboxylic acids is 1. The Morgan fingerprint density at radius 1 is 0.955 bits per heavy atom. The number of allylic oxidation sites excluding steroid dienone is 3. The average molecular weight is 287 g/mol. The van der Waals surface area contributed by atoms with Gasteiger partial charge in [0.25, 0.3) is 0 Å². The van der Waals surface area contributed by atoms with E-state index in [-0.39, 0.29) is 0 Å². The molecule has 1 aliphatic heterocycles. The van der Waals surface area contributed by atoms with Crippen molar-refractivity contribution in [3.05, 3.63) is 96.2 Å². The summed E-state index contributed by atoms with van der Waals surface area (Å²) < 4.78 is 0. The van der Waals surface area contributed by atoms with E-state index in [2.05, 4.69) is 30.2 Å². The van der Waals surface area contributed by atoms with E-state index in [1.165, 1.54) is 5.56 Å². The summed E-state index contributed by atoms with van der Waals surface area (Å²) in [6.45, 7) is 7.89. The highest BCUT2D eigenvalue weighted by Crippen LogP contribution is 2.39. The van der Waals surface area contributed by atoms with Crippen LogP contribution in [-0.2, 0) is 6.42 Å². The van der Waals surface area contributed by atoms with Crippen LogP contribution in [0.2, 0.25) is 0 Å². The Kier molecular flexibility index (Phi) is 3.75. The molecule has 0 N–H and O–H groups in total. The number of fused-ring (bicyclic) bond motifs is 1. The van der Waals surface area contributed by atoms with Crippen LogP contribution in [0.15, 0.2) is 85.1 Å². The Hall–Kier alpha value is -2.87. The van der Waals surface area contributed by atoms with E-state index >= 15 is 0 Å². The SMILES string of the molecule is C=CC1=C(C=C)N(c2ccc(C=O)cc2)c2ccccc2C1. The van der Waals surface area contributed by atoms with E-state index in [1.54, 1.807) is 0 Å². The molecular weight excluding hydrogens is 270 g/mol. The predicted octanol–water partition coefficient (Wildman–Crippen LogP) is 4.82. The predicted molar refractivity (Wildman–Crippen MR) is 91.5 cm³/mol. The van der Waals surface area contributed by atoms with Gasteiger partial charge in [0.2, 0.25) is 0 Å². The molecule has 0 bridgehead atoms. The fourth-order valence-corrected chi connectivity index (χ4v) is 2.83. The molecule has 0 unspecified atom stereocenters. The van der Waals surface area contributed by atoms with Gasteiger partial charge in [0, 0.05) is 29.1 Å². The summed E-state index contributed by atoms with van der Waals surface area (Å²) in [6, 6.07) is 15.9. The molecule has 22 heavy (non-hydrogen) atoms. The maximum Gasteiger partial charge on any atom is 0.150 e. The third-order valence-corrected chi connectivity index (χ3v) is 3.91. The topological polar surface area (TPSA) is 20.3 Å². The quantitative estimate of drug-likeness (QED) is 0.751. The van der Waals surface area contributed by atoms with Crippen LogP contribution < -0.4 is 4.90 Å². The van der Waals surface area contributed by atoms with Crippen molar-refractivity contribution in [2.75, 3.05) is 4.90 Å². The minimum Gasteiger partial charge on any atom is -0.310 e. The van der Waals surface area contributed by atoms with Crippen molar-refractivity contribution in [1.82, 2.24) is 0 Å². The monoisotopic (exact) mass is 287 g/mol. The maximum atomic E-state index is 10.9. The zero-order valence-electron chi connectivity index (χ0n) is 12.3. The number of aldehydes is 1. The number of nitrogens with zero attached hydrogens (tertiary/aromatic N) is 1. The number of carbonyl (C=O) groups is 1. The number of hydrogen-bond donors (Lipinski definition) is 0. The fourth-order valence-electron chi connectivity index (χ4n) is 2.83. The largest absolute Gasteiger partial charge is 0.310 e. The van der Waals surface area contributed by atoms with Gasteiger partial charge < -0.3 is 4.90 Å². The first-order chi connectivity index (χ1) is 10.8. The molecule has 0 fully saturated rings. The molecule has 0 aliphatic carbocycles. The van der Waals surface area contributed by atoms with Gasteiger partial charge in [0.1, 0.15) is 6.29 Å². The number of hydrogen-bond acceptors (Lipinski definition) is 2. The van der Waals surface area contributed by atoms with Gasteiger partial charge in [-0.2, -0.15) is 0 Å². The van der Waals surface area contributed by atoms with Gasteiger partial charge >= 0.3 is 0 Å². The van der Waals surface area contributed by atoms with Crippen LogP contribution in [0, 0.1) is 0 Å². The van der Waals surface area contributed by atoms with Crippen LogP contribution in [-0.4, -0.2) is 6.29 Å². The molecule has 0 saturated carbocycles. The molecule has 0 aromatic heterocycles. The van der Waals surface area contributed by atoms with E-state index in [1.807, 2.05) is 48.6 Å². The molecule has 108 valence electrons. The zero-order chi connectivity index (χ0) is 15.5. The molecule has 0 atom stereocenters. The third-order valence-electron chi connectivity index (χ3n) is 3.91. The molecule has 2 aromatic carbocycles. The van der Waals surface area contributed by atoms with Crippen LogP contribution in [0.1, 0.15) is 15.9 Å². The van der Waals surface area contributed by atoms with Crippen LogP contribution in [0.4, 0.5) is 11.4 Å². The summed E-state index contributed by atoms with van der Waals surface area (Å²) >= 11 is 0. The number of rotatable bonds is 4. The van der Waals surface area contributed by atoms with E-state index in [0.717, 1.165) is 35.4 Å². The summed E-state index contributed by atoms with van der Waals surface area (Å²) in [4.78, 5) is 13.0. The lowest BCUT2D eigenvalue weighted by Gasteiger charge is -2.33. The third kappa shape index (κ3) is 2.29. The zero-order valence-corrected chi connectivity index (χ0v) is 12.3. The second kappa shape index (κ2) is 5.86. The summed E-state index contributed by atoms with van der Waals surface area (Å²) in [5.41, 5.74) is 6.25. The summed E-state index contributed by atoms with van der Waals surface area (Å²) in [5, 5.41) is 0. The molecule has 1 aliphatic rings. The molecular formula is C20H17NO. The number of anilines is 2. The Balaban J connectivity index is 2.20. The summed E-state index contributed by atoms with van der Waals surface area (Å²) in [5.74, 6) is 0. The Morgan fingerprint density at radius 3 is 2.32 bits per heavy atom. The average Bonchev–Trinajstić information content (AvgIpc) is 2.60. The highest BCUT2D eigenvalue weighted by Gasteiger charge is 2.23. The summed E-state index contributed by atoms with van der Waals surface area (Å²) in [6.07, 6.45) is 5.46. The number of benzene rings is 2. The highest BCUT2D eigenvalue weighted by molar-refractivity contribution is 5.80. The van der Waals surface area contributed by atoms with Crippen LogP contribution in [0.3, 0.4) is 0 Å². The number of para-hydroxylation sites is 1. The second-order valence-corrected chi connectivity index (χ2v) is 5.17. The molecule has 0 amide bonds. The fraction of sp³-hybridized carbons (Fsp3) is 0.0500. The van der Waals surface area contributed by atoms with Crippen molar-refractivity contribution >= 4 is 17.7 Å². The summed E-state index contributed by atoms with van der Waals surface area (Å²) in [7, 11) is 0. The van der Waals surface area contributed by atoms with Crippen molar-refractivity contribution in [2.45, 2.75) is 6.42 Å². The Morgan fingerprint density at radius 2 is 1.68 bits per heavy atom. The van der Waals surface area contributed by atoms with Gasteiger partial charge in [0.15, 0.2) is 0 Å². The van der Waals surface area contributed by atoms with Crippen LogP contribution in [0.25, 0.3) is 0 Å². The molecule has 2 aromatic rings. The first-order valence-corrected chi connectivity index (χ1v) is 7.19. The van der Waals surface area contributed by atoms with E-state index in [9.17, 15) is 4.79 Å². The maximum absolute atomic E-state index is 10.9. The van der Waals surface area contributed by atoms with Crippen LogP contribution >= 0.6 is 0 Å². The van der Waals surface area contributed by atoms with E-state index in [0.29, 0.717) is 5.56 Å². The van der Waals surface area contributed by atoms with Crippen molar-refractivity contribution in [1.29, 1.82) is 0 Å². The first-order valence-electron chi connectivity index (χ1n) is 7.19. The lowest BCUT2D eigenvalue weighted by Crippen LogP contribution is -2.22. The lowest BCUT2D eigenvalue weighted by molar-refractivity contribution is 0.112. The minimum absolute atomic E-state index is 0.669. The van der Waals surface area contributed by atoms with Gasteiger partial charge in [-0.05, 0) is 47.5 Å². The second-order valence-electron chi connectivity index (χ2n) is 5.17. The molecule has 2 nitrogen and oxygen atoms in total. The lowest BCUT2D eigenvalue weighted by atomic mass is 9.95. The van der Waals surface area contributed by atoms with Crippen molar-refractivity contribution in [2.24, 2.45) is 0 Å². The first kappa shape index (κ1) is 14.1. The van der Waals surface area contributed by atoms with Gasteiger partial charge in [0.05, 0.1) is 0 Å². The molecule has 0 radical (unpaired) electrons. The van der Waals surface area contributed by atoms with Crippen LogP contribution in [0.5, 0.6) is 0 Å². The van der Waals surface area contributed by atoms with Gasteiger partial charge in [-0.1, -0.05) is 37.4 Å². The standard InChI is InChI=1S/C20H17NO/c1-3-16-13-17-7-5-6-8-20(17)21(19(16)4-2)18-11-9-15(14-22)10-12-18/h3-12,14H,1-2,13H2. The van der Waals surface area contributed by atoms with E-state index < -0.39 is 0 Å². The Bertz CT molecular complexity index is 769. The molecule has 3 rings (SSSR count). The molecule has 0 spiro atoms. The molecule has 0 saturated heterocycles. The normalized spacial score (nSPS) is 13.5. The van der Waals surface area contributed by atoms with Crippen molar-refractivity contribution < 1.29 is 4.79 Å². The molecule has 2 heteroatoms. The Labute approximate surface area is 130 Å². The van der Waals surface area contributed by atoms with Crippen molar-refractivity contribution in [3.63, 3.8) is 0 Å². The van der Waals surface area contributed by atoms with Gasteiger partial charge in [-0.3, -0.25) is 4.79 Å². The highest BCUT2D eigenvalue weighted by atomic mass is 16.1. The van der Waals surface area contributed by atoms with E-state index in [4.69, 9.17) is 0 Å². The van der Waals surface area contributed by atoms with Crippen molar-refractivity contribution in [3.8, 4) is 0 Å². The minimum atomic E-state index is 0.669.